The van der Waals surface area contributed by atoms with Gasteiger partial charge in [-0.25, -0.2) is 4.98 Å². The molecule has 0 aliphatic heterocycles. The number of hydrogen-bond acceptors (Lipinski definition) is 4. The number of methoxy groups -OCH3 is 1. The number of para-hydroxylation sites is 1. The Morgan fingerprint density at radius 3 is 2.39 bits per heavy atom. The van der Waals surface area contributed by atoms with Crippen molar-refractivity contribution in [1.82, 2.24) is 9.88 Å². The zero-order valence-corrected chi connectivity index (χ0v) is 19.2. The topological polar surface area (TPSA) is 71.5 Å². The molecule has 2 amide bonds. The summed E-state index contributed by atoms with van der Waals surface area (Å²) < 4.78 is 5.40. The maximum Gasteiger partial charge on any atom is 0.256 e. The van der Waals surface area contributed by atoms with E-state index >= 15 is 0 Å². The summed E-state index contributed by atoms with van der Waals surface area (Å²) in [7, 11) is 4.86. The van der Waals surface area contributed by atoms with E-state index in [2.05, 4.69) is 5.32 Å². The van der Waals surface area contributed by atoms with Gasteiger partial charge in [-0.1, -0.05) is 41.9 Å². The third-order valence-corrected chi connectivity index (χ3v) is 5.45. The highest BCUT2D eigenvalue weighted by molar-refractivity contribution is 6.30. The van der Waals surface area contributed by atoms with Crippen LogP contribution in [0.25, 0.3) is 22.2 Å². The number of carbonyl (C=O) groups is 2. The molecule has 0 aliphatic carbocycles. The zero-order chi connectivity index (χ0) is 23.5. The predicted molar refractivity (Wildman–Crippen MR) is 131 cm³/mol. The highest BCUT2D eigenvalue weighted by Crippen LogP contribution is 2.29. The molecule has 1 heterocycles. The normalized spacial score (nSPS) is 10.7. The number of aromatic nitrogens is 1. The van der Waals surface area contributed by atoms with Crippen molar-refractivity contribution in [2.45, 2.75) is 0 Å². The van der Waals surface area contributed by atoms with Crippen molar-refractivity contribution < 1.29 is 14.3 Å². The Balaban J connectivity index is 1.78. The molecule has 4 aromatic rings. The van der Waals surface area contributed by atoms with Crippen LogP contribution in [-0.2, 0) is 0 Å². The molecule has 166 valence electrons. The van der Waals surface area contributed by atoms with E-state index in [0.29, 0.717) is 44.2 Å². The van der Waals surface area contributed by atoms with Gasteiger partial charge in [0, 0.05) is 35.6 Å². The Labute approximate surface area is 196 Å². The van der Waals surface area contributed by atoms with Gasteiger partial charge in [-0.3, -0.25) is 9.59 Å². The van der Waals surface area contributed by atoms with Gasteiger partial charge in [0.15, 0.2) is 0 Å². The molecule has 0 bridgehead atoms. The lowest BCUT2D eigenvalue weighted by molar-refractivity contribution is 0.0827. The first-order valence-corrected chi connectivity index (χ1v) is 10.6. The van der Waals surface area contributed by atoms with Gasteiger partial charge < -0.3 is 15.0 Å². The van der Waals surface area contributed by atoms with E-state index < -0.39 is 0 Å². The molecule has 0 unspecified atom stereocenters. The molecule has 6 nitrogen and oxygen atoms in total. The number of amides is 2. The monoisotopic (exact) mass is 459 g/mol. The average Bonchev–Trinajstić information content (AvgIpc) is 2.83. The van der Waals surface area contributed by atoms with Crippen molar-refractivity contribution in [3.05, 3.63) is 88.9 Å². The molecule has 4 rings (SSSR count). The largest absolute Gasteiger partial charge is 0.495 e. The van der Waals surface area contributed by atoms with Gasteiger partial charge >= 0.3 is 0 Å². The lowest BCUT2D eigenvalue weighted by Crippen LogP contribution is -2.22. The number of fused-ring (bicyclic) bond motifs is 1. The van der Waals surface area contributed by atoms with Gasteiger partial charge in [0.25, 0.3) is 11.8 Å². The van der Waals surface area contributed by atoms with Crippen LogP contribution in [0.5, 0.6) is 5.75 Å². The fourth-order valence-electron chi connectivity index (χ4n) is 3.52. The summed E-state index contributed by atoms with van der Waals surface area (Å²) in [5, 5.41) is 4.25. The van der Waals surface area contributed by atoms with Crippen LogP contribution in [0.1, 0.15) is 20.7 Å². The quantitative estimate of drug-likeness (QED) is 0.426. The molecule has 1 aromatic heterocycles. The number of ether oxygens (including phenoxy) is 1. The van der Waals surface area contributed by atoms with Gasteiger partial charge in [0.05, 0.1) is 29.6 Å². The highest BCUT2D eigenvalue weighted by Gasteiger charge is 2.18. The van der Waals surface area contributed by atoms with Gasteiger partial charge in [-0.15, -0.1) is 0 Å². The van der Waals surface area contributed by atoms with Crippen molar-refractivity contribution in [1.29, 1.82) is 0 Å². The Kier molecular flexibility index (Phi) is 6.29. The highest BCUT2D eigenvalue weighted by atomic mass is 35.5. The summed E-state index contributed by atoms with van der Waals surface area (Å²) in [4.78, 5) is 32.0. The molecule has 33 heavy (non-hydrogen) atoms. The lowest BCUT2D eigenvalue weighted by Gasteiger charge is -2.15. The van der Waals surface area contributed by atoms with Gasteiger partial charge in [0.2, 0.25) is 0 Å². The lowest BCUT2D eigenvalue weighted by atomic mass is 10.0. The van der Waals surface area contributed by atoms with E-state index in [0.717, 1.165) is 5.56 Å². The molecule has 0 fully saturated rings. The Morgan fingerprint density at radius 1 is 0.970 bits per heavy atom. The Hall–Kier alpha value is -3.90. The summed E-state index contributed by atoms with van der Waals surface area (Å²) >= 11 is 6.03. The molecule has 0 saturated carbocycles. The van der Waals surface area contributed by atoms with Crippen molar-refractivity contribution in [3.63, 3.8) is 0 Å². The van der Waals surface area contributed by atoms with Crippen LogP contribution in [0.4, 0.5) is 5.69 Å². The van der Waals surface area contributed by atoms with Crippen LogP contribution in [0.3, 0.4) is 0 Å². The number of benzene rings is 3. The number of anilines is 1. The Morgan fingerprint density at radius 2 is 1.70 bits per heavy atom. The maximum atomic E-state index is 13.4. The van der Waals surface area contributed by atoms with E-state index in [1.165, 1.54) is 12.0 Å². The summed E-state index contributed by atoms with van der Waals surface area (Å²) in [5.41, 5.74) is 3.49. The van der Waals surface area contributed by atoms with E-state index in [1.807, 2.05) is 36.4 Å². The van der Waals surface area contributed by atoms with E-state index in [-0.39, 0.29) is 11.8 Å². The maximum absolute atomic E-state index is 13.4. The first kappa shape index (κ1) is 22.3. The number of nitrogens with one attached hydrogen (secondary N) is 1. The number of pyridine rings is 1. The zero-order valence-electron chi connectivity index (χ0n) is 18.4. The van der Waals surface area contributed by atoms with Crippen LogP contribution in [0, 0.1) is 0 Å². The minimum Gasteiger partial charge on any atom is -0.495 e. The number of halogens is 1. The standard InChI is InChI=1S/C26H22ClN3O3/c1-30(2)26(32)17-10-13-24(33-3)23(14-17)29-25(31)20-15-22(16-8-11-18(27)12-9-16)28-21-7-5-4-6-19(20)21/h4-15H,1-3H3,(H,29,31). The van der Waals surface area contributed by atoms with Crippen molar-refractivity contribution in [2.24, 2.45) is 0 Å². The third-order valence-electron chi connectivity index (χ3n) is 5.20. The molecule has 0 spiro atoms. The molecule has 0 aliphatic rings. The molecule has 0 atom stereocenters. The van der Waals surface area contributed by atoms with Crippen molar-refractivity contribution in [2.75, 3.05) is 26.5 Å². The fourth-order valence-corrected chi connectivity index (χ4v) is 3.64. The summed E-state index contributed by atoms with van der Waals surface area (Å²) in [6.07, 6.45) is 0. The second-order valence-corrected chi connectivity index (χ2v) is 8.08. The van der Waals surface area contributed by atoms with E-state index in [4.69, 9.17) is 21.3 Å². The number of carbonyl (C=O) groups excluding carboxylic acids is 2. The second kappa shape index (κ2) is 9.30. The Bertz CT molecular complexity index is 1350. The summed E-state index contributed by atoms with van der Waals surface area (Å²) in [6.45, 7) is 0. The molecule has 7 heteroatoms. The first-order valence-electron chi connectivity index (χ1n) is 10.2. The molecular weight excluding hydrogens is 438 g/mol. The average molecular weight is 460 g/mol. The number of rotatable bonds is 5. The number of hydrogen-bond donors (Lipinski definition) is 1. The van der Waals surface area contributed by atoms with Gasteiger partial charge in [-0.2, -0.15) is 0 Å². The molecule has 0 radical (unpaired) electrons. The van der Waals surface area contributed by atoms with Crippen LogP contribution in [0.15, 0.2) is 72.8 Å². The SMILES string of the molecule is COc1ccc(C(=O)N(C)C)cc1NC(=O)c1cc(-c2ccc(Cl)cc2)nc2ccccc12. The summed E-state index contributed by atoms with van der Waals surface area (Å²) in [5.74, 6) is -0.0564. The van der Waals surface area contributed by atoms with Crippen LogP contribution >= 0.6 is 11.6 Å². The van der Waals surface area contributed by atoms with Crippen LogP contribution in [0.2, 0.25) is 5.02 Å². The number of nitrogens with zero attached hydrogens (tertiary/aromatic N) is 2. The minimum absolute atomic E-state index is 0.174. The second-order valence-electron chi connectivity index (χ2n) is 7.65. The molecular formula is C26H22ClN3O3. The molecule has 3 aromatic carbocycles. The molecule has 1 N–H and O–H groups in total. The van der Waals surface area contributed by atoms with E-state index in [9.17, 15) is 9.59 Å². The van der Waals surface area contributed by atoms with Crippen LogP contribution < -0.4 is 10.1 Å². The van der Waals surface area contributed by atoms with E-state index in [1.54, 1.807) is 50.5 Å². The predicted octanol–water partition coefficient (Wildman–Crippen LogP) is 5.52. The van der Waals surface area contributed by atoms with Gasteiger partial charge in [-0.05, 0) is 42.5 Å². The fraction of sp³-hybridized carbons (Fsp3) is 0.115. The van der Waals surface area contributed by atoms with Crippen LogP contribution in [-0.4, -0.2) is 42.9 Å². The smallest absolute Gasteiger partial charge is 0.256 e. The minimum atomic E-state index is -0.337. The van der Waals surface area contributed by atoms with Crippen molar-refractivity contribution >= 4 is 40.0 Å². The van der Waals surface area contributed by atoms with Crippen molar-refractivity contribution in [3.8, 4) is 17.0 Å². The van der Waals surface area contributed by atoms with Gasteiger partial charge in [0.1, 0.15) is 5.75 Å². The third kappa shape index (κ3) is 4.66. The first-order chi connectivity index (χ1) is 15.9. The summed E-state index contributed by atoms with van der Waals surface area (Å²) in [6, 6.07) is 21.4. The molecule has 0 saturated heterocycles.